The molecule has 1 aliphatic heterocycles. The molecule has 1 atom stereocenters. The Balaban J connectivity index is 0.00000288. The summed E-state index contributed by atoms with van der Waals surface area (Å²) >= 11 is 1.74. The Morgan fingerprint density at radius 2 is 1.96 bits per heavy atom. The second kappa shape index (κ2) is 11.6. The standard InChI is InChI=1S/C17H33N3O2S.ClH/c1-23-12-5-15(18)16(21)19-13-17(6-3-2-4-7-17)14-20-8-10-22-11-9-20;/h15H,2-14,18H2,1H3,(H,19,21);1H/t15-;/m0./s1. The number of thioether (sulfide) groups is 1. The minimum Gasteiger partial charge on any atom is -0.379 e. The van der Waals surface area contributed by atoms with Crippen LogP contribution in [0, 0.1) is 5.41 Å². The van der Waals surface area contributed by atoms with Crippen molar-refractivity contribution in [3.05, 3.63) is 0 Å². The molecule has 3 N–H and O–H groups in total. The first kappa shape index (κ1) is 22.0. The number of carbonyl (C=O) groups is 1. The molecule has 1 aliphatic carbocycles. The van der Waals surface area contributed by atoms with Gasteiger partial charge in [-0.1, -0.05) is 19.3 Å². The van der Waals surface area contributed by atoms with Gasteiger partial charge in [0, 0.05) is 31.6 Å². The van der Waals surface area contributed by atoms with Crippen LogP contribution in [-0.2, 0) is 9.53 Å². The number of carbonyl (C=O) groups excluding carboxylic acids is 1. The topological polar surface area (TPSA) is 67.6 Å². The Kier molecular flexibility index (Phi) is 10.6. The molecule has 24 heavy (non-hydrogen) atoms. The van der Waals surface area contributed by atoms with E-state index in [0.717, 1.165) is 51.6 Å². The molecule has 1 saturated carbocycles. The van der Waals surface area contributed by atoms with Gasteiger partial charge in [-0.05, 0) is 31.3 Å². The lowest BCUT2D eigenvalue weighted by Gasteiger charge is -2.42. The van der Waals surface area contributed by atoms with Crippen LogP contribution in [0.2, 0.25) is 0 Å². The molecular formula is C17H34ClN3O2S. The van der Waals surface area contributed by atoms with Crippen LogP contribution in [0.4, 0.5) is 0 Å². The van der Waals surface area contributed by atoms with E-state index in [1.165, 1.54) is 32.1 Å². The SMILES string of the molecule is CSCC[C@H](N)C(=O)NCC1(CN2CCOCC2)CCCCC1.Cl. The number of halogens is 1. The lowest BCUT2D eigenvalue weighted by atomic mass is 9.73. The first-order valence-electron chi connectivity index (χ1n) is 8.98. The average molecular weight is 380 g/mol. The van der Waals surface area contributed by atoms with Crippen LogP contribution >= 0.6 is 24.2 Å². The fourth-order valence-electron chi connectivity index (χ4n) is 3.71. The molecule has 0 radical (unpaired) electrons. The highest BCUT2D eigenvalue weighted by atomic mass is 35.5. The first-order valence-corrected chi connectivity index (χ1v) is 10.4. The molecule has 0 aromatic rings. The zero-order chi connectivity index (χ0) is 16.5. The molecule has 2 fully saturated rings. The minimum absolute atomic E-state index is 0. The molecular weight excluding hydrogens is 346 g/mol. The molecule has 0 unspecified atom stereocenters. The summed E-state index contributed by atoms with van der Waals surface area (Å²) in [5, 5.41) is 3.16. The van der Waals surface area contributed by atoms with E-state index in [1.54, 1.807) is 11.8 Å². The van der Waals surface area contributed by atoms with Gasteiger partial charge in [0.25, 0.3) is 0 Å². The van der Waals surface area contributed by atoms with Gasteiger partial charge < -0.3 is 15.8 Å². The summed E-state index contributed by atoms with van der Waals surface area (Å²) in [5.41, 5.74) is 6.22. The van der Waals surface area contributed by atoms with Crippen molar-refractivity contribution in [1.29, 1.82) is 0 Å². The molecule has 2 rings (SSSR count). The second-order valence-corrected chi connectivity index (χ2v) is 8.04. The number of rotatable bonds is 8. The van der Waals surface area contributed by atoms with Crippen LogP contribution in [0.1, 0.15) is 38.5 Å². The van der Waals surface area contributed by atoms with Crippen molar-refractivity contribution < 1.29 is 9.53 Å². The number of hydrogen-bond donors (Lipinski definition) is 2. The van der Waals surface area contributed by atoms with Gasteiger partial charge in [0.1, 0.15) is 0 Å². The molecule has 0 bridgehead atoms. The maximum absolute atomic E-state index is 12.2. The summed E-state index contributed by atoms with van der Waals surface area (Å²) < 4.78 is 5.46. The second-order valence-electron chi connectivity index (χ2n) is 7.05. The van der Waals surface area contributed by atoms with Gasteiger partial charge in [-0.25, -0.2) is 0 Å². The van der Waals surface area contributed by atoms with Crippen LogP contribution in [-0.4, -0.2) is 68.3 Å². The largest absolute Gasteiger partial charge is 0.379 e. The minimum atomic E-state index is -0.369. The molecule has 1 saturated heterocycles. The summed E-state index contributed by atoms with van der Waals surface area (Å²) in [6.07, 6.45) is 9.10. The highest BCUT2D eigenvalue weighted by Crippen LogP contribution is 2.36. The first-order chi connectivity index (χ1) is 11.2. The van der Waals surface area contributed by atoms with E-state index >= 15 is 0 Å². The van der Waals surface area contributed by atoms with E-state index < -0.39 is 0 Å². The molecule has 0 aromatic heterocycles. The highest BCUT2D eigenvalue weighted by Gasteiger charge is 2.35. The van der Waals surface area contributed by atoms with E-state index in [4.69, 9.17) is 10.5 Å². The third-order valence-corrected chi connectivity index (χ3v) is 5.83. The monoisotopic (exact) mass is 379 g/mol. The number of ether oxygens (including phenoxy) is 1. The molecule has 5 nitrogen and oxygen atoms in total. The fourth-order valence-corrected chi connectivity index (χ4v) is 4.20. The number of nitrogens with two attached hydrogens (primary N) is 1. The van der Waals surface area contributed by atoms with Gasteiger partial charge >= 0.3 is 0 Å². The number of hydrogen-bond acceptors (Lipinski definition) is 5. The Morgan fingerprint density at radius 3 is 2.58 bits per heavy atom. The van der Waals surface area contributed by atoms with Gasteiger partial charge in [0.05, 0.1) is 19.3 Å². The molecule has 0 aromatic carbocycles. The van der Waals surface area contributed by atoms with Gasteiger partial charge in [0.2, 0.25) is 5.91 Å². The Morgan fingerprint density at radius 1 is 1.29 bits per heavy atom. The van der Waals surface area contributed by atoms with Crippen molar-refractivity contribution >= 4 is 30.1 Å². The van der Waals surface area contributed by atoms with E-state index in [9.17, 15) is 4.79 Å². The third kappa shape index (κ3) is 7.08. The van der Waals surface area contributed by atoms with Crippen LogP contribution in [0.25, 0.3) is 0 Å². The van der Waals surface area contributed by atoms with Crippen molar-refractivity contribution in [3.8, 4) is 0 Å². The molecule has 7 heteroatoms. The predicted octanol–water partition coefficient (Wildman–Crippen LogP) is 1.89. The fraction of sp³-hybridized carbons (Fsp3) is 0.941. The highest BCUT2D eigenvalue weighted by molar-refractivity contribution is 7.98. The quantitative estimate of drug-likeness (QED) is 0.674. The summed E-state index contributed by atoms with van der Waals surface area (Å²) in [5.74, 6) is 0.957. The molecule has 0 spiro atoms. The van der Waals surface area contributed by atoms with Gasteiger partial charge in [-0.3, -0.25) is 9.69 Å². The van der Waals surface area contributed by atoms with Gasteiger partial charge in [-0.15, -0.1) is 12.4 Å². The van der Waals surface area contributed by atoms with E-state index in [2.05, 4.69) is 10.2 Å². The van der Waals surface area contributed by atoms with Crippen molar-refractivity contribution in [1.82, 2.24) is 10.2 Å². The van der Waals surface area contributed by atoms with Crippen molar-refractivity contribution in [2.24, 2.45) is 11.1 Å². The predicted molar refractivity (Wildman–Crippen MR) is 104 cm³/mol. The van der Waals surface area contributed by atoms with Crippen LogP contribution < -0.4 is 11.1 Å². The lowest BCUT2D eigenvalue weighted by molar-refractivity contribution is -0.123. The van der Waals surface area contributed by atoms with Gasteiger partial charge in [-0.2, -0.15) is 11.8 Å². The molecule has 1 heterocycles. The molecule has 1 amide bonds. The lowest BCUT2D eigenvalue weighted by Crippen LogP contribution is -2.51. The number of nitrogens with one attached hydrogen (secondary N) is 1. The van der Waals surface area contributed by atoms with Crippen LogP contribution in [0.3, 0.4) is 0 Å². The molecule has 2 aliphatic rings. The van der Waals surface area contributed by atoms with Crippen molar-refractivity contribution in [2.75, 3.05) is 51.4 Å². The van der Waals surface area contributed by atoms with Gasteiger partial charge in [0.15, 0.2) is 0 Å². The smallest absolute Gasteiger partial charge is 0.236 e. The van der Waals surface area contributed by atoms with Crippen molar-refractivity contribution in [3.63, 3.8) is 0 Å². The zero-order valence-electron chi connectivity index (χ0n) is 14.9. The van der Waals surface area contributed by atoms with Crippen molar-refractivity contribution in [2.45, 2.75) is 44.6 Å². The molecule has 142 valence electrons. The Labute approximate surface area is 157 Å². The Bertz CT molecular complexity index is 362. The number of nitrogens with zero attached hydrogens (tertiary/aromatic N) is 1. The van der Waals surface area contributed by atoms with E-state index in [0.29, 0.717) is 0 Å². The summed E-state index contributed by atoms with van der Waals surface area (Å²) in [6, 6.07) is -0.369. The number of morpholine rings is 1. The summed E-state index contributed by atoms with van der Waals surface area (Å²) in [6.45, 7) is 5.56. The summed E-state index contributed by atoms with van der Waals surface area (Å²) in [4.78, 5) is 14.8. The normalized spacial score (nSPS) is 22.4. The van der Waals surface area contributed by atoms with Crippen LogP contribution in [0.5, 0.6) is 0 Å². The third-order valence-electron chi connectivity index (χ3n) is 5.18. The average Bonchev–Trinajstić information content (AvgIpc) is 2.59. The summed E-state index contributed by atoms with van der Waals surface area (Å²) in [7, 11) is 0. The van der Waals surface area contributed by atoms with E-state index in [1.807, 2.05) is 6.26 Å². The maximum atomic E-state index is 12.2. The number of amides is 1. The van der Waals surface area contributed by atoms with E-state index in [-0.39, 0.29) is 29.8 Å². The zero-order valence-corrected chi connectivity index (χ0v) is 16.6. The maximum Gasteiger partial charge on any atom is 0.236 e. The van der Waals surface area contributed by atoms with Crippen LogP contribution in [0.15, 0.2) is 0 Å². The Hall–Kier alpha value is -0.0100.